The van der Waals surface area contributed by atoms with Crippen LogP contribution in [0.3, 0.4) is 0 Å². The van der Waals surface area contributed by atoms with Gasteiger partial charge in [0.15, 0.2) is 11.5 Å². The van der Waals surface area contributed by atoms with Gasteiger partial charge in [0.05, 0.1) is 18.3 Å². The first-order valence-corrected chi connectivity index (χ1v) is 13.3. The van der Waals surface area contributed by atoms with Crippen LogP contribution >= 0.6 is 0 Å². The SMILES string of the molecule is Cc1cccc(-c2nc3nc(C(=O)O)nc(N[C@H](CC(O)CO)C4CCC4)c3n2Cc2ccc(C(F)(F)F)cc2)c1. The molecule has 0 radical (unpaired) electrons. The third-order valence-corrected chi connectivity index (χ3v) is 7.47. The molecule has 0 bridgehead atoms. The van der Waals surface area contributed by atoms with Gasteiger partial charge in [0, 0.05) is 18.2 Å². The van der Waals surface area contributed by atoms with Crippen LogP contribution in [0.25, 0.3) is 22.6 Å². The average Bonchev–Trinajstić information content (AvgIpc) is 3.25. The number of aromatic nitrogens is 4. The maximum atomic E-state index is 13.2. The molecule has 2 heterocycles. The van der Waals surface area contributed by atoms with E-state index in [1.165, 1.54) is 12.1 Å². The van der Waals surface area contributed by atoms with E-state index in [0.29, 0.717) is 22.5 Å². The summed E-state index contributed by atoms with van der Waals surface area (Å²) in [6, 6.07) is 12.0. The number of carboxylic acids is 1. The molecule has 12 heteroatoms. The highest BCUT2D eigenvalue weighted by Gasteiger charge is 2.32. The first-order chi connectivity index (χ1) is 19.5. The number of rotatable bonds is 10. The number of hydrogen-bond acceptors (Lipinski definition) is 7. The number of aliphatic hydroxyl groups excluding tert-OH is 2. The van der Waals surface area contributed by atoms with Crippen LogP contribution in [-0.2, 0) is 12.7 Å². The van der Waals surface area contributed by atoms with Crippen molar-refractivity contribution in [1.82, 2.24) is 19.5 Å². The molecule has 5 rings (SSSR count). The van der Waals surface area contributed by atoms with Crippen molar-refractivity contribution >= 4 is 23.0 Å². The molecule has 0 aliphatic heterocycles. The fraction of sp³-hybridized carbons (Fsp3) is 0.379. The summed E-state index contributed by atoms with van der Waals surface area (Å²) in [5.74, 6) is -1.01. The molecule has 0 saturated heterocycles. The van der Waals surface area contributed by atoms with Crippen molar-refractivity contribution < 1.29 is 33.3 Å². The van der Waals surface area contributed by atoms with Gasteiger partial charge in [0.2, 0.25) is 5.82 Å². The fourth-order valence-electron chi connectivity index (χ4n) is 5.13. The predicted octanol–water partition coefficient (Wildman–Crippen LogP) is 4.89. The third-order valence-electron chi connectivity index (χ3n) is 7.47. The molecule has 2 aromatic carbocycles. The number of carboxylic acid groups (broad SMARTS) is 1. The standard InChI is InChI=1S/C29H30F3N5O4/c1-16-4-2-7-19(12-16)27-36-25-23(37(27)14-17-8-10-20(11-9-17)29(30,31)32)24(34-26(35-25)28(40)41)33-22(13-21(39)15-38)18-5-3-6-18/h2,4,7-12,18,21-22,38-39H,3,5-6,13-15H2,1H3,(H,40,41)(H,33,34,35)/t21?,22-/m1/s1. The normalized spacial score (nSPS) is 15.5. The molecule has 4 aromatic rings. The van der Waals surface area contributed by atoms with Gasteiger partial charge in [0.1, 0.15) is 11.3 Å². The van der Waals surface area contributed by atoms with Crippen LogP contribution in [0, 0.1) is 12.8 Å². The minimum absolute atomic E-state index is 0.107. The van der Waals surface area contributed by atoms with Crippen LogP contribution in [0.5, 0.6) is 0 Å². The number of hydrogen-bond donors (Lipinski definition) is 4. The van der Waals surface area contributed by atoms with Crippen molar-refractivity contribution in [2.24, 2.45) is 5.92 Å². The van der Waals surface area contributed by atoms with Gasteiger partial charge in [-0.05, 0) is 55.9 Å². The van der Waals surface area contributed by atoms with Crippen LogP contribution in [-0.4, -0.2) is 59.6 Å². The highest BCUT2D eigenvalue weighted by atomic mass is 19.4. The van der Waals surface area contributed by atoms with E-state index in [2.05, 4.69) is 20.3 Å². The number of fused-ring (bicyclic) bond motifs is 1. The Morgan fingerprint density at radius 1 is 1.12 bits per heavy atom. The lowest BCUT2D eigenvalue weighted by Gasteiger charge is -2.35. The zero-order valence-electron chi connectivity index (χ0n) is 22.3. The molecule has 216 valence electrons. The molecule has 0 spiro atoms. The predicted molar refractivity (Wildman–Crippen MR) is 145 cm³/mol. The summed E-state index contributed by atoms with van der Waals surface area (Å²) in [5, 5.41) is 32.8. The van der Waals surface area contributed by atoms with E-state index >= 15 is 0 Å². The van der Waals surface area contributed by atoms with Crippen molar-refractivity contribution in [3.05, 3.63) is 71.0 Å². The second-order valence-corrected chi connectivity index (χ2v) is 10.5. The largest absolute Gasteiger partial charge is 0.475 e. The fourth-order valence-corrected chi connectivity index (χ4v) is 5.13. The Morgan fingerprint density at radius 2 is 1.85 bits per heavy atom. The summed E-state index contributed by atoms with van der Waals surface area (Å²) >= 11 is 0. The second-order valence-electron chi connectivity index (χ2n) is 10.5. The number of anilines is 1. The molecule has 2 atom stereocenters. The van der Waals surface area contributed by atoms with Crippen molar-refractivity contribution in [1.29, 1.82) is 0 Å². The number of aromatic carboxylic acids is 1. The maximum Gasteiger partial charge on any atom is 0.416 e. The minimum Gasteiger partial charge on any atom is -0.475 e. The van der Waals surface area contributed by atoms with Gasteiger partial charge in [-0.1, -0.05) is 42.3 Å². The number of carbonyl (C=O) groups is 1. The number of halogens is 3. The quantitative estimate of drug-likeness (QED) is 0.212. The lowest BCUT2D eigenvalue weighted by Crippen LogP contribution is -2.38. The number of aryl methyl sites for hydroxylation is 1. The van der Waals surface area contributed by atoms with Crippen LogP contribution in [0.15, 0.2) is 48.5 Å². The van der Waals surface area contributed by atoms with Gasteiger partial charge < -0.3 is 25.2 Å². The van der Waals surface area contributed by atoms with Crippen molar-refractivity contribution in [3.63, 3.8) is 0 Å². The number of imidazole rings is 1. The summed E-state index contributed by atoms with van der Waals surface area (Å²) in [5.41, 5.74) is 1.95. The van der Waals surface area contributed by atoms with Gasteiger partial charge in [-0.15, -0.1) is 0 Å². The Morgan fingerprint density at radius 3 is 2.44 bits per heavy atom. The van der Waals surface area contributed by atoms with Crippen LogP contribution < -0.4 is 5.32 Å². The summed E-state index contributed by atoms with van der Waals surface area (Å²) < 4.78 is 41.4. The summed E-state index contributed by atoms with van der Waals surface area (Å²) in [7, 11) is 0. The molecule has 4 N–H and O–H groups in total. The molecule has 1 saturated carbocycles. The number of nitrogens with zero attached hydrogens (tertiary/aromatic N) is 4. The lowest BCUT2D eigenvalue weighted by molar-refractivity contribution is -0.137. The van der Waals surface area contributed by atoms with Gasteiger partial charge in [-0.25, -0.2) is 19.7 Å². The van der Waals surface area contributed by atoms with Crippen molar-refractivity contribution in [2.45, 2.75) is 57.5 Å². The smallest absolute Gasteiger partial charge is 0.416 e. The van der Waals surface area contributed by atoms with Gasteiger partial charge >= 0.3 is 12.1 Å². The average molecular weight is 570 g/mol. The van der Waals surface area contributed by atoms with Crippen molar-refractivity contribution in [2.75, 3.05) is 11.9 Å². The van der Waals surface area contributed by atoms with E-state index in [-0.39, 0.29) is 36.4 Å². The monoisotopic (exact) mass is 569 g/mol. The number of benzene rings is 2. The van der Waals surface area contributed by atoms with E-state index < -0.39 is 36.2 Å². The first-order valence-electron chi connectivity index (χ1n) is 13.3. The molecular formula is C29H30F3N5O4. The summed E-state index contributed by atoms with van der Waals surface area (Å²) in [6.45, 7) is 1.60. The highest BCUT2D eigenvalue weighted by molar-refractivity contribution is 5.92. The molecule has 41 heavy (non-hydrogen) atoms. The van der Waals surface area contributed by atoms with Gasteiger partial charge in [-0.3, -0.25) is 0 Å². The zero-order chi connectivity index (χ0) is 29.3. The molecule has 1 unspecified atom stereocenters. The molecule has 9 nitrogen and oxygen atoms in total. The van der Waals surface area contributed by atoms with Crippen molar-refractivity contribution in [3.8, 4) is 11.4 Å². The Hall–Kier alpha value is -4.03. The third kappa shape index (κ3) is 6.18. The van der Waals surface area contributed by atoms with Crippen LogP contribution in [0.4, 0.5) is 19.0 Å². The molecule has 0 amide bonds. The molecular weight excluding hydrogens is 539 g/mol. The summed E-state index contributed by atoms with van der Waals surface area (Å²) in [4.78, 5) is 25.2. The van der Waals surface area contributed by atoms with E-state index in [1.807, 2.05) is 31.2 Å². The van der Waals surface area contributed by atoms with Gasteiger partial charge in [0.25, 0.3) is 0 Å². The maximum absolute atomic E-state index is 13.2. The van der Waals surface area contributed by atoms with Gasteiger partial charge in [-0.2, -0.15) is 13.2 Å². The topological polar surface area (TPSA) is 133 Å². The highest BCUT2D eigenvalue weighted by Crippen LogP contribution is 2.36. The first kappa shape index (κ1) is 28.5. The molecule has 1 fully saturated rings. The van der Waals surface area contributed by atoms with E-state index in [1.54, 1.807) is 4.57 Å². The van der Waals surface area contributed by atoms with E-state index in [0.717, 1.165) is 37.0 Å². The van der Waals surface area contributed by atoms with E-state index in [4.69, 9.17) is 0 Å². The lowest BCUT2D eigenvalue weighted by atomic mass is 9.78. The Kier molecular flexibility index (Phi) is 7.96. The molecule has 1 aliphatic rings. The second kappa shape index (κ2) is 11.5. The molecule has 2 aromatic heterocycles. The van der Waals surface area contributed by atoms with Crippen LogP contribution in [0.2, 0.25) is 0 Å². The minimum atomic E-state index is -4.47. The Labute approximate surface area is 233 Å². The van der Waals surface area contributed by atoms with Crippen LogP contribution in [0.1, 0.15) is 53.0 Å². The Balaban J connectivity index is 1.68. The number of aliphatic hydroxyl groups is 2. The Bertz CT molecular complexity index is 1550. The molecule has 1 aliphatic carbocycles. The number of nitrogens with one attached hydrogen (secondary N) is 1. The van der Waals surface area contributed by atoms with E-state index in [9.17, 15) is 33.3 Å². The summed E-state index contributed by atoms with van der Waals surface area (Å²) in [6.07, 6.45) is -2.43. The number of alkyl halides is 3. The zero-order valence-corrected chi connectivity index (χ0v) is 22.3.